The quantitative estimate of drug-likeness (QED) is 0.603. The Kier molecular flexibility index (Phi) is 7.44. The van der Waals surface area contributed by atoms with Crippen LogP contribution in [0.5, 0.6) is 0 Å². The highest BCUT2D eigenvalue weighted by atomic mass is 35.5. The molecule has 174 valence electrons. The number of hydrogen-bond donors (Lipinski definition) is 1. The van der Waals surface area contributed by atoms with Crippen LogP contribution in [0.1, 0.15) is 40.2 Å². The van der Waals surface area contributed by atoms with E-state index in [1.807, 2.05) is 6.92 Å². The highest BCUT2D eigenvalue weighted by Crippen LogP contribution is 2.40. The number of nitrogens with zero attached hydrogens (tertiary/aromatic N) is 3. The van der Waals surface area contributed by atoms with E-state index in [0.29, 0.717) is 51.8 Å². The Morgan fingerprint density at radius 1 is 1.25 bits per heavy atom. The van der Waals surface area contributed by atoms with Gasteiger partial charge in [-0.2, -0.15) is 0 Å². The van der Waals surface area contributed by atoms with Crippen molar-refractivity contribution in [3.8, 4) is 11.1 Å². The lowest BCUT2D eigenvalue weighted by atomic mass is 9.93. The van der Waals surface area contributed by atoms with E-state index < -0.39 is 10.0 Å². The van der Waals surface area contributed by atoms with E-state index in [-0.39, 0.29) is 43.2 Å². The van der Waals surface area contributed by atoms with Gasteiger partial charge in [-0.3, -0.25) is 9.78 Å². The monoisotopic (exact) mass is 518 g/mol. The molecule has 0 saturated heterocycles. The van der Waals surface area contributed by atoms with Gasteiger partial charge in [-0.15, -0.1) is 12.4 Å². The molecular weight excluding hydrogens is 495 g/mol. The van der Waals surface area contributed by atoms with Crippen LogP contribution >= 0.6 is 35.6 Å². The molecule has 0 unspecified atom stereocenters. The highest BCUT2D eigenvalue weighted by molar-refractivity contribution is 7.90. The van der Waals surface area contributed by atoms with Crippen LogP contribution in [0.2, 0.25) is 10.0 Å². The van der Waals surface area contributed by atoms with Gasteiger partial charge in [-0.25, -0.2) is 12.7 Å². The topological polar surface area (TPSA) is 96.6 Å². The zero-order chi connectivity index (χ0) is 22.5. The van der Waals surface area contributed by atoms with Crippen LogP contribution in [0, 0.1) is 6.92 Å². The van der Waals surface area contributed by atoms with Gasteiger partial charge in [-0.05, 0) is 37.5 Å². The molecule has 1 aromatic carbocycles. The van der Waals surface area contributed by atoms with Gasteiger partial charge in [0.05, 0.1) is 23.1 Å². The minimum absolute atomic E-state index is 0. The smallest absolute Gasteiger partial charge is 0.256 e. The molecule has 11 heteroatoms. The molecule has 1 saturated carbocycles. The number of aromatic nitrogens is 1. The summed E-state index contributed by atoms with van der Waals surface area (Å²) in [6.07, 6.45) is 1.41. The molecule has 32 heavy (non-hydrogen) atoms. The summed E-state index contributed by atoms with van der Waals surface area (Å²) in [4.78, 5) is 19.6. The van der Waals surface area contributed by atoms with Crippen LogP contribution in [-0.4, -0.2) is 53.9 Å². The third kappa shape index (κ3) is 4.49. The van der Waals surface area contributed by atoms with Crippen molar-refractivity contribution in [3.05, 3.63) is 50.8 Å². The highest BCUT2D eigenvalue weighted by Gasteiger charge is 2.39. The maximum atomic E-state index is 13.4. The number of hydrogen-bond acceptors (Lipinski definition) is 5. The SMILES string of the molecule is Cc1nc2c(c(-c3ccc(Cl)cc3Cl)c1CN)C(=O)N(CCN(C)S(=O)(=O)C1CC1)C2.Cl. The summed E-state index contributed by atoms with van der Waals surface area (Å²) in [5, 5.41) is 0.647. The third-order valence-electron chi connectivity index (χ3n) is 5.89. The van der Waals surface area contributed by atoms with Gasteiger partial charge in [0.2, 0.25) is 10.0 Å². The maximum absolute atomic E-state index is 13.4. The Morgan fingerprint density at radius 2 is 1.94 bits per heavy atom. The summed E-state index contributed by atoms with van der Waals surface area (Å²) in [7, 11) is -1.72. The number of halogens is 3. The van der Waals surface area contributed by atoms with Crippen LogP contribution in [0.4, 0.5) is 0 Å². The van der Waals surface area contributed by atoms with E-state index in [4.69, 9.17) is 28.9 Å². The van der Waals surface area contributed by atoms with Crippen molar-refractivity contribution in [1.82, 2.24) is 14.2 Å². The Labute approximate surface area is 204 Å². The summed E-state index contributed by atoms with van der Waals surface area (Å²) in [6.45, 7) is 2.89. The Bertz CT molecular complexity index is 1170. The van der Waals surface area contributed by atoms with E-state index in [1.165, 1.54) is 4.31 Å². The van der Waals surface area contributed by atoms with Crippen LogP contribution < -0.4 is 5.73 Å². The maximum Gasteiger partial charge on any atom is 0.256 e. The number of likely N-dealkylation sites (N-methyl/N-ethyl adjacent to an activating group) is 1. The Morgan fingerprint density at radius 3 is 2.53 bits per heavy atom. The van der Waals surface area contributed by atoms with Gasteiger partial charge in [0, 0.05) is 53.5 Å². The number of fused-ring (bicyclic) bond motifs is 1. The minimum Gasteiger partial charge on any atom is -0.331 e. The van der Waals surface area contributed by atoms with Gasteiger partial charge in [0.15, 0.2) is 0 Å². The first-order chi connectivity index (χ1) is 14.6. The summed E-state index contributed by atoms with van der Waals surface area (Å²) in [5.41, 5.74) is 9.99. The third-order valence-corrected chi connectivity index (χ3v) is 8.80. The number of amides is 1. The summed E-state index contributed by atoms with van der Waals surface area (Å²) < 4.78 is 26.2. The number of aryl methyl sites for hydroxylation is 1. The molecule has 2 aromatic rings. The van der Waals surface area contributed by atoms with Gasteiger partial charge < -0.3 is 10.6 Å². The molecule has 2 N–H and O–H groups in total. The molecular formula is C21H25Cl3N4O3S. The van der Waals surface area contributed by atoms with Crippen molar-refractivity contribution in [2.75, 3.05) is 20.1 Å². The molecule has 1 fully saturated rings. The summed E-state index contributed by atoms with van der Waals surface area (Å²) in [5.74, 6) is -0.199. The molecule has 1 aromatic heterocycles. The van der Waals surface area contributed by atoms with Crippen molar-refractivity contribution in [2.45, 2.75) is 38.1 Å². The fourth-order valence-corrected chi connectivity index (χ4v) is 6.07. The number of benzene rings is 1. The number of rotatable bonds is 7. The zero-order valence-electron chi connectivity index (χ0n) is 17.8. The Hall–Kier alpha value is -1.42. The largest absolute Gasteiger partial charge is 0.331 e. The molecule has 0 radical (unpaired) electrons. The number of nitrogens with two attached hydrogens (primary N) is 1. The molecule has 7 nitrogen and oxygen atoms in total. The van der Waals surface area contributed by atoms with Crippen molar-refractivity contribution < 1.29 is 13.2 Å². The second-order valence-electron chi connectivity index (χ2n) is 7.99. The number of pyridine rings is 1. The van der Waals surface area contributed by atoms with Crippen molar-refractivity contribution in [1.29, 1.82) is 0 Å². The average molecular weight is 520 g/mol. The molecule has 1 aliphatic carbocycles. The van der Waals surface area contributed by atoms with Crippen molar-refractivity contribution in [2.24, 2.45) is 5.73 Å². The second kappa shape index (κ2) is 9.44. The first kappa shape index (κ1) is 25.2. The standard InChI is InChI=1S/C21H24Cl2N4O3S.ClH/c1-12-16(10-24)19(15-6-3-13(22)9-17(15)23)20-18(25-12)11-27(21(20)28)8-7-26(2)31(29,30)14-4-5-14;/h3,6,9,14H,4-5,7-8,10-11,24H2,1-2H3;1H. The molecule has 1 amide bonds. The van der Waals surface area contributed by atoms with Gasteiger partial charge in [0.25, 0.3) is 5.91 Å². The lowest BCUT2D eigenvalue weighted by Gasteiger charge is -2.21. The lowest BCUT2D eigenvalue weighted by molar-refractivity contribution is 0.0773. The molecule has 0 atom stereocenters. The number of sulfonamides is 1. The molecule has 4 rings (SSSR count). The van der Waals surface area contributed by atoms with Crippen LogP contribution in [0.15, 0.2) is 18.2 Å². The molecule has 2 aliphatic rings. The first-order valence-electron chi connectivity index (χ1n) is 10.1. The van der Waals surface area contributed by atoms with Gasteiger partial charge >= 0.3 is 0 Å². The van der Waals surface area contributed by atoms with Gasteiger partial charge in [0.1, 0.15) is 0 Å². The number of carbonyl (C=O) groups is 1. The van der Waals surface area contributed by atoms with Crippen LogP contribution in [0.3, 0.4) is 0 Å². The molecule has 0 bridgehead atoms. The fraction of sp³-hybridized carbons (Fsp3) is 0.429. The van der Waals surface area contributed by atoms with Crippen LogP contribution in [0.25, 0.3) is 11.1 Å². The van der Waals surface area contributed by atoms with E-state index >= 15 is 0 Å². The van der Waals surface area contributed by atoms with E-state index in [1.54, 1.807) is 30.1 Å². The summed E-state index contributed by atoms with van der Waals surface area (Å²) in [6, 6.07) is 5.14. The number of carbonyl (C=O) groups excluding carboxylic acids is 1. The van der Waals surface area contributed by atoms with Crippen molar-refractivity contribution in [3.63, 3.8) is 0 Å². The second-order valence-corrected chi connectivity index (χ2v) is 11.2. The van der Waals surface area contributed by atoms with E-state index in [0.717, 1.165) is 11.3 Å². The Balaban J connectivity index is 0.00000289. The predicted molar refractivity (Wildman–Crippen MR) is 129 cm³/mol. The van der Waals surface area contributed by atoms with Crippen LogP contribution in [-0.2, 0) is 23.1 Å². The normalized spacial score (nSPS) is 15.8. The predicted octanol–water partition coefficient (Wildman–Crippen LogP) is 3.62. The minimum atomic E-state index is -3.29. The average Bonchev–Trinajstić information content (AvgIpc) is 3.52. The first-order valence-corrected chi connectivity index (χ1v) is 12.3. The molecule has 0 spiro atoms. The van der Waals surface area contributed by atoms with E-state index in [2.05, 4.69) is 4.98 Å². The summed E-state index contributed by atoms with van der Waals surface area (Å²) >= 11 is 12.5. The van der Waals surface area contributed by atoms with Crippen molar-refractivity contribution >= 4 is 51.5 Å². The zero-order valence-corrected chi connectivity index (χ0v) is 20.9. The lowest BCUT2D eigenvalue weighted by Crippen LogP contribution is -2.38. The van der Waals surface area contributed by atoms with Gasteiger partial charge in [-0.1, -0.05) is 29.3 Å². The fourth-order valence-electron chi connectivity index (χ4n) is 3.99. The van der Waals surface area contributed by atoms with E-state index in [9.17, 15) is 13.2 Å². The molecule has 1 aliphatic heterocycles. The molecule has 2 heterocycles.